The zero-order chi connectivity index (χ0) is 38.6. The normalized spacial score (nSPS) is 13.4. The van der Waals surface area contributed by atoms with Gasteiger partial charge in [0.05, 0.1) is 19.0 Å². The molecule has 0 atom stereocenters. The molecule has 0 radical (unpaired) electrons. The monoisotopic (exact) mass is 742 g/mol. The predicted octanol–water partition coefficient (Wildman–Crippen LogP) is 5.02. The van der Waals surface area contributed by atoms with E-state index in [9.17, 15) is 39.5 Å². The molecule has 1 aliphatic heterocycles. The largest absolute Gasteiger partial charge is 0.497 e. The summed E-state index contributed by atoms with van der Waals surface area (Å²) in [6, 6.07) is 12.2. The van der Waals surface area contributed by atoms with Crippen molar-refractivity contribution >= 4 is 29.4 Å². The second kappa shape index (κ2) is 17.8. The van der Waals surface area contributed by atoms with Crippen LogP contribution in [0.1, 0.15) is 5.56 Å². The van der Waals surface area contributed by atoms with Crippen LogP contribution in [-0.4, -0.2) is 109 Å². The van der Waals surface area contributed by atoms with E-state index in [4.69, 9.17) is 39.4 Å². The van der Waals surface area contributed by atoms with E-state index in [1.807, 2.05) is 49.2 Å². The van der Waals surface area contributed by atoms with Gasteiger partial charge in [-0.3, -0.25) is 14.3 Å². The van der Waals surface area contributed by atoms with Gasteiger partial charge in [0.1, 0.15) is 5.75 Å². The van der Waals surface area contributed by atoms with Gasteiger partial charge in [0.2, 0.25) is 0 Å². The van der Waals surface area contributed by atoms with Crippen LogP contribution in [0, 0.1) is 0 Å². The van der Waals surface area contributed by atoms with Crippen LogP contribution in [0.3, 0.4) is 0 Å². The fourth-order valence-electron chi connectivity index (χ4n) is 3.97. The summed E-state index contributed by atoms with van der Waals surface area (Å²) in [5.74, 6) is -6.48. The zero-order valence-corrected chi connectivity index (χ0v) is 25.9. The highest BCUT2D eigenvalue weighted by molar-refractivity contribution is 5.74. The number of imidazole rings is 1. The topological polar surface area (TPSA) is 171 Å². The first-order valence-electron chi connectivity index (χ1n) is 13.9. The van der Waals surface area contributed by atoms with Gasteiger partial charge in [0.25, 0.3) is 0 Å². The highest BCUT2D eigenvalue weighted by Gasteiger charge is 2.39. The number of ether oxygens (including phenoxy) is 1. The van der Waals surface area contributed by atoms with Crippen LogP contribution in [-0.2, 0) is 20.9 Å². The first kappa shape index (κ1) is 41.5. The van der Waals surface area contributed by atoms with Crippen molar-refractivity contribution in [3.63, 3.8) is 0 Å². The number of rotatable bonds is 5. The van der Waals surface area contributed by atoms with Gasteiger partial charge >= 0.3 is 36.4 Å². The number of carboxylic acids is 3. The Bertz CT molecular complexity index is 1670. The molecule has 22 heteroatoms. The lowest BCUT2D eigenvalue weighted by Gasteiger charge is -2.35. The summed E-state index contributed by atoms with van der Waals surface area (Å²) >= 11 is 0. The number of fused-ring (bicyclic) bond motifs is 1. The Balaban J connectivity index is 0.000000352. The molecule has 0 unspecified atom stereocenters. The molecular formula is C29H27F9N6O7. The highest BCUT2D eigenvalue weighted by atomic mass is 19.4. The fourth-order valence-corrected chi connectivity index (χ4v) is 3.97. The number of halogens is 9. The van der Waals surface area contributed by atoms with E-state index in [-0.39, 0.29) is 0 Å². The molecule has 1 aromatic carbocycles. The molecule has 0 spiro atoms. The number of aliphatic carboxylic acids is 3. The Morgan fingerprint density at radius 1 is 0.745 bits per heavy atom. The third-order valence-electron chi connectivity index (χ3n) is 6.32. The minimum atomic E-state index is -5.08. The molecule has 4 aromatic rings. The number of nitrogens with zero attached hydrogens (tertiary/aromatic N) is 6. The standard InChI is InChI=1S/C23H24N6O.3C2HF3O2/c1-30-20-6-4-19(5-7-20)21-16-26-23-22(25-9-10-29(21)23)28-13-11-27(12-14-28)17-18-3-2-8-24-15-18;3*3-2(4,5)1(6)7/h2-10,15-16H,11-14,17H2,1H3;3*(H,6,7). The zero-order valence-electron chi connectivity index (χ0n) is 25.9. The number of carbonyl (C=O) groups is 3. The molecular weight excluding hydrogens is 715 g/mol. The van der Waals surface area contributed by atoms with Gasteiger partial charge in [-0.2, -0.15) is 39.5 Å². The van der Waals surface area contributed by atoms with Crippen LogP contribution < -0.4 is 9.64 Å². The molecule has 4 heterocycles. The third kappa shape index (κ3) is 13.3. The lowest BCUT2D eigenvalue weighted by molar-refractivity contribution is -0.193. The molecule has 51 heavy (non-hydrogen) atoms. The SMILES string of the molecule is COc1ccc(-c2cnc3c(N4CCN(Cc5cccnc5)CC4)nccn23)cc1.O=C(O)C(F)(F)F.O=C(O)C(F)(F)F.O=C(O)C(F)(F)F. The van der Waals surface area contributed by atoms with Crippen LogP contribution >= 0.6 is 0 Å². The summed E-state index contributed by atoms with van der Waals surface area (Å²) in [7, 11) is 1.68. The Hall–Kier alpha value is -5.67. The van der Waals surface area contributed by atoms with Gasteiger partial charge < -0.3 is 25.0 Å². The molecule has 0 saturated carbocycles. The van der Waals surface area contributed by atoms with E-state index in [2.05, 4.69) is 42.4 Å². The van der Waals surface area contributed by atoms with Crippen LogP contribution in [0.5, 0.6) is 5.75 Å². The average Bonchev–Trinajstić information content (AvgIpc) is 3.50. The number of aromatic nitrogens is 4. The third-order valence-corrected chi connectivity index (χ3v) is 6.32. The Morgan fingerprint density at radius 2 is 1.25 bits per heavy atom. The van der Waals surface area contributed by atoms with Crippen LogP contribution in [0.25, 0.3) is 16.9 Å². The molecule has 5 rings (SSSR count). The Kier molecular flexibility index (Phi) is 14.5. The minimum absolute atomic E-state index is 0.846. The first-order valence-corrected chi connectivity index (χ1v) is 13.9. The quantitative estimate of drug-likeness (QED) is 0.234. The second-order valence-corrected chi connectivity index (χ2v) is 9.85. The Morgan fingerprint density at radius 3 is 1.69 bits per heavy atom. The van der Waals surface area contributed by atoms with Crippen LogP contribution in [0.4, 0.5) is 45.3 Å². The lowest BCUT2D eigenvalue weighted by atomic mass is 10.1. The summed E-state index contributed by atoms with van der Waals surface area (Å²) in [6.45, 7) is 4.77. The van der Waals surface area contributed by atoms with Crippen LogP contribution in [0.15, 0.2) is 67.4 Å². The molecule has 0 amide bonds. The van der Waals surface area contributed by atoms with Gasteiger partial charge in [-0.1, -0.05) is 6.07 Å². The first-order chi connectivity index (χ1) is 23.6. The Labute approximate surface area is 281 Å². The van der Waals surface area contributed by atoms with Crippen LogP contribution in [0.2, 0.25) is 0 Å². The lowest BCUT2D eigenvalue weighted by Crippen LogP contribution is -2.46. The summed E-state index contributed by atoms with van der Waals surface area (Å²) < 4.78 is 103. The van der Waals surface area contributed by atoms with E-state index >= 15 is 0 Å². The number of hydrogen-bond donors (Lipinski definition) is 3. The summed E-state index contributed by atoms with van der Waals surface area (Å²) in [6.07, 6.45) is -5.73. The van der Waals surface area contributed by atoms with Crippen molar-refractivity contribution in [1.82, 2.24) is 24.3 Å². The van der Waals surface area contributed by atoms with Gasteiger partial charge in [-0.15, -0.1) is 0 Å². The van der Waals surface area contributed by atoms with Gasteiger partial charge in [-0.05, 0) is 35.9 Å². The van der Waals surface area contributed by atoms with Gasteiger partial charge in [0, 0.05) is 63.1 Å². The van der Waals surface area contributed by atoms with Crippen molar-refractivity contribution in [3.05, 3.63) is 72.9 Å². The van der Waals surface area contributed by atoms with Crippen molar-refractivity contribution in [2.24, 2.45) is 0 Å². The molecule has 278 valence electrons. The second-order valence-electron chi connectivity index (χ2n) is 9.85. The number of piperazine rings is 1. The van der Waals surface area contributed by atoms with Crippen molar-refractivity contribution in [2.45, 2.75) is 25.1 Å². The average molecular weight is 743 g/mol. The number of anilines is 1. The van der Waals surface area contributed by atoms with Crippen molar-refractivity contribution in [1.29, 1.82) is 0 Å². The molecule has 1 aliphatic rings. The molecule has 3 N–H and O–H groups in total. The maximum atomic E-state index is 10.6. The smallest absolute Gasteiger partial charge is 0.490 e. The van der Waals surface area contributed by atoms with E-state index < -0.39 is 36.4 Å². The maximum absolute atomic E-state index is 10.6. The van der Waals surface area contributed by atoms with Gasteiger partial charge in [0.15, 0.2) is 11.5 Å². The maximum Gasteiger partial charge on any atom is 0.490 e. The van der Waals surface area contributed by atoms with Crippen molar-refractivity contribution in [3.8, 4) is 17.0 Å². The van der Waals surface area contributed by atoms with E-state index in [0.717, 1.165) is 61.2 Å². The molecule has 13 nitrogen and oxygen atoms in total. The van der Waals surface area contributed by atoms with E-state index in [0.29, 0.717) is 0 Å². The summed E-state index contributed by atoms with van der Waals surface area (Å²) in [5.41, 5.74) is 4.29. The molecule has 0 aliphatic carbocycles. The predicted molar refractivity (Wildman–Crippen MR) is 158 cm³/mol. The summed E-state index contributed by atoms with van der Waals surface area (Å²) in [4.78, 5) is 45.1. The fraction of sp³-hybridized carbons (Fsp3) is 0.310. The molecule has 1 fully saturated rings. The van der Waals surface area contributed by atoms with E-state index in [1.54, 1.807) is 7.11 Å². The number of hydrogen-bond acceptors (Lipinski definition) is 9. The number of carboxylic acid groups (broad SMARTS) is 3. The highest BCUT2D eigenvalue weighted by Crippen LogP contribution is 2.27. The van der Waals surface area contributed by atoms with Gasteiger partial charge in [-0.25, -0.2) is 24.4 Å². The number of alkyl halides is 9. The number of pyridine rings is 1. The summed E-state index contributed by atoms with van der Waals surface area (Å²) in [5, 5.41) is 21.4. The molecule has 3 aromatic heterocycles. The number of methoxy groups -OCH3 is 1. The minimum Gasteiger partial charge on any atom is -0.497 e. The molecule has 0 bridgehead atoms. The molecule has 1 saturated heterocycles. The van der Waals surface area contributed by atoms with Crippen molar-refractivity contribution in [2.75, 3.05) is 38.2 Å². The van der Waals surface area contributed by atoms with Crippen molar-refractivity contribution < 1.29 is 74.0 Å². The number of benzene rings is 1. The van der Waals surface area contributed by atoms with E-state index in [1.165, 1.54) is 5.56 Å².